The van der Waals surface area contributed by atoms with Gasteiger partial charge < -0.3 is 5.32 Å². The van der Waals surface area contributed by atoms with Crippen LogP contribution in [0, 0.1) is 6.92 Å². The molecule has 0 aliphatic rings. The summed E-state index contributed by atoms with van der Waals surface area (Å²) in [7, 11) is 0. The summed E-state index contributed by atoms with van der Waals surface area (Å²) in [5, 5.41) is 7.77. The predicted molar refractivity (Wildman–Crippen MR) is 63.5 cm³/mol. The number of pyridine rings is 1. The first kappa shape index (κ1) is 10.8. The number of aromatic nitrogens is 3. The van der Waals surface area contributed by atoms with Gasteiger partial charge in [-0.15, -0.1) is 0 Å². The summed E-state index contributed by atoms with van der Waals surface area (Å²) in [6.45, 7) is 5.96. The van der Waals surface area contributed by atoms with Gasteiger partial charge in [-0.25, -0.2) is 4.68 Å². The lowest BCUT2D eigenvalue weighted by Crippen LogP contribution is -2.11. The van der Waals surface area contributed by atoms with E-state index < -0.39 is 0 Å². The molecule has 0 spiro atoms. The molecule has 2 aromatic heterocycles. The van der Waals surface area contributed by atoms with Gasteiger partial charge in [-0.05, 0) is 25.6 Å². The van der Waals surface area contributed by atoms with E-state index in [0.717, 1.165) is 24.5 Å². The van der Waals surface area contributed by atoms with Crippen LogP contribution in [0.15, 0.2) is 30.7 Å². The maximum Gasteiger partial charge on any atom is 0.0828 e. The quantitative estimate of drug-likeness (QED) is 0.845. The monoisotopic (exact) mass is 216 g/mol. The van der Waals surface area contributed by atoms with Gasteiger partial charge in [0, 0.05) is 24.5 Å². The Morgan fingerprint density at radius 3 is 3.00 bits per heavy atom. The Morgan fingerprint density at radius 2 is 2.31 bits per heavy atom. The van der Waals surface area contributed by atoms with Crippen molar-refractivity contribution in [1.29, 1.82) is 0 Å². The molecule has 4 heteroatoms. The van der Waals surface area contributed by atoms with Crippen LogP contribution in [0.1, 0.15) is 18.2 Å². The molecule has 0 atom stereocenters. The molecular weight excluding hydrogens is 200 g/mol. The minimum Gasteiger partial charge on any atom is -0.313 e. The van der Waals surface area contributed by atoms with Crippen LogP contribution in [0.3, 0.4) is 0 Å². The molecule has 16 heavy (non-hydrogen) atoms. The van der Waals surface area contributed by atoms with E-state index in [4.69, 9.17) is 0 Å². The molecule has 2 aromatic rings. The van der Waals surface area contributed by atoms with Crippen molar-refractivity contribution in [2.45, 2.75) is 20.4 Å². The standard InChI is InChI=1S/C12H16N4/c1-3-13-7-11-9-16(15-10(11)2)12-5-4-6-14-8-12/h4-6,8-9,13H,3,7H2,1-2H3. The normalized spacial score (nSPS) is 10.6. The molecule has 4 nitrogen and oxygen atoms in total. The smallest absolute Gasteiger partial charge is 0.0828 e. The molecule has 84 valence electrons. The van der Waals surface area contributed by atoms with E-state index in [9.17, 15) is 0 Å². The lowest BCUT2D eigenvalue weighted by molar-refractivity contribution is 0.723. The van der Waals surface area contributed by atoms with E-state index in [1.54, 1.807) is 6.20 Å². The average molecular weight is 216 g/mol. The number of nitrogens with one attached hydrogen (secondary N) is 1. The third-order valence-electron chi connectivity index (χ3n) is 2.48. The van der Waals surface area contributed by atoms with Crippen LogP contribution in [0.2, 0.25) is 0 Å². The molecule has 0 bridgehead atoms. The maximum absolute atomic E-state index is 4.47. The molecule has 0 radical (unpaired) electrons. The topological polar surface area (TPSA) is 42.7 Å². The van der Waals surface area contributed by atoms with E-state index in [1.807, 2.05) is 29.9 Å². The summed E-state index contributed by atoms with van der Waals surface area (Å²) in [5.41, 5.74) is 3.28. The zero-order valence-corrected chi connectivity index (χ0v) is 9.64. The van der Waals surface area contributed by atoms with Gasteiger partial charge in [0.1, 0.15) is 0 Å². The second-order valence-electron chi connectivity index (χ2n) is 3.68. The zero-order valence-electron chi connectivity index (χ0n) is 9.64. The van der Waals surface area contributed by atoms with Crippen molar-refractivity contribution in [3.8, 4) is 5.69 Å². The molecule has 0 aromatic carbocycles. The molecule has 0 fully saturated rings. The Labute approximate surface area is 95.3 Å². The number of nitrogens with zero attached hydrogens (tertiary/aromatic N) is 3. The minimum atomic E-state index is 0.864. The second-order valence-corrected chi connectivity index (χ2v) is 3.68. The van der Waals surface area contributed by atoms with Gasteiger partial charge in [-0.1, -0.05) is 6.92 Å². The fourth-order valence-electron chi connectivity index (χ4n) is 1.55. The van der Waals surface area contributed by atoms with E-state index in [-0.39, 0.29) is 0 Å². The van der Waals surface area contributed by atoms with Crippen molar-refractivity contribution in [2.75, 3.05) is 6.54 Å². The highest BCUT2D eigenvalue weighted by molar-refractivity contribution is 5.29. The first-order chi connectivity index (χ1) is 7.81. The van der Waals surface area contributed by atoms with E-state index >= 15 is 0 Å². The van der Waals surface area contributed by atoms with Gasteiger partial charge in [0.15, 0.2) is 0 Å². The Morgan fingerprint density at radius 1 is 1.44 bits per heavy atom. The van der Waals surface area contributed by atoms with Crippen molar-refractivity contribution in [2.24, 2.45) is 0 Å². The largest absolute Gasteiger partial charge is 0.313 e. The van der Waals surface area contributed by atoms with Crippen LogP contribution in [0.25, 0.3) is 5.69 Å². The van der Waals surface area contributed by atoms with E-state index in [0.29, 0.717) is 0 Å². The van der Waals surface area contributed by atoms with Crippen LogP contribution in [0.5, 0.6) is 0 Å². The SMILES string of the molecule is CCNCc1cn(-c2cccnc2)nc1C. The summed E-state index contributed by atoms with van der Waals surface area (Å²) < 4.78 is 1.87. The molecule has 1 N–H and O–H groups in total. The number of aryl methyl sites for hydroxylation is 1. The van der Waals surface area contributed by atoms with Crippen molar-refractivity contribution in [3.63, 3.8) is 0 Å². The third-order valence-corrected chi connectivity index (χ3v) is 2.48. The van der Waals surface area contributed by atoms with Crippen molar-refractivity contribution in [3.05, 3.63) is 42.0 Å². The average Bonchev–Trinajstić information content (AvgIpc) is 2.69. The van der Waals surface area contributed by atoms with Gasteiger partial charge in [0.05, 0.1) is 17.6 Å². The molecule has 0 unspecified atom stereocenters. The van der Waals surface area contributed by atoms with Gasteiger partial charge in [-0.2, -0.15) is 5.10 Å². The number of hydrogen-bond donors (Lipinski definition) is 1. The van der Waals surface area contributed by atoms with E-state index in [1.165, 1.54) is 5.56 Å². The molecule has 0 aliphatic carbocycles. The lowest BCUT2D eigenvalue weighted by Gasteiger charge is -1.99. The van der Waals surface area contributed by atoms with Gasteiger partial charge in [0.2, 0.25) is 0 Å². The summed E-state index contributed by atoms with van der Waals surface area (Å²) in [5.74, 6) is 0. The Bertz CT molecular complexity index is 447. The van der Waals surface area contributed by atoms with Crippen molar-refractivity contribution >= 4 is 0 Å². The van der Waals surface area contributed by atoms with Crippen LogP contribution >= 0.6 is 0 Å². The second kappa shape index (κ2) is 4.90. The maximum atomic E-state index is 4.47. The summed E-state index contributed by atoms with van der Waals surface area (Å²) in [4.78, 5) is 4.09. The lowest BCUT2D eigenvalue weighted by atomic mass is 10.2. The van der Waals surface area contributed by atoms with Crippen LogP contribution < -0.4 is 5.32 Å². The minimum absolute atomic E-state index is 0.864. The first-order valence-corrected chi connectivity index (χ1v) is 5.47. The summed E-state index contributed by atoms with van der Waals surface area (Å²) >= 11 is 0. The zero-order chi connectivity index (χ0) is 11.4. The molecular formula is C12H16N4. The molecule has 2 rings (SSSR count). The van der Waals surface area contributed by atoms with Crippen molar-refractivity contribution in [1.82, 2.24) is 20.1 Å². The van der Waals surface area contributed by atoms with Gasteiger partial charge >= 0.3 is 0 Å². The van der Waals surface area contributed by atoms with Gasteiger partial charge in [-0.3, -0.25) is 4.98 Å². The molecule has 0 saturated carbocycles. The Kier molecular flexibility index (Phi) is 3.31. The van der Waals surface area contributed by atoms with Crippen LogP contribution in [-0.4, -0.2) is 21.3 Å². The van der Waals surface area contributed by atoms with E-state index in [2.05, 4.69) is 28.5 Å². The van der Waals surface area contributed by atoms with Gasteiger partial charge in [0.25, 0.3) is 0 Å². The first-order valence-electron chi connectivity index (χ1n) is 5.47. The molecule has 0 amide bonds. The summed E-state index contributed by atoms with van der Waals surface area (Å²) in [6, 6.07) is 3.91. The highest BCUT2D eigenvalue weighted by atomic mass is 15.3. The number of hydrogen-bond acceptors (Lipinski definition) is 3. The highest BCUT2D eigenvalue weighted by Crippen LogP contribution is 2.10. The van der Waals surface area contributed by atoms with Crippen LogP contribution in [0.4, 0.5) is 0 Å². The molecule has 0 saturated heterocycles. The number of rotatable bonds is 4. The van der Waals surface area contributed by atoms with Crippen molar-refractivity contribution < 1.29 is 0 Å². The predicted octanol–water partition coefficient (Wildman–Crippen LogP) is 1.69. The summed E-state index contributed by atoms with van der Waals surface area (Å²) in [6.07, 6.45) is 5.62. The van der Waals surface area contributed by atoms with Crippen LogP contribution in [-0.2, 0) is 6.54 Å². The molecule has 2 heterocycles. The third kappa shape index (κ3) is 2.28. The molecule has 0 aliphatic heterocycles. The fourth-order valence-corrected chi connectivity index (χ4v) is 1.55. The Balaban J connectivity index is 2.24. The fraction of sp³-hybridized carbons (Fsp3) is 0.333. The highest BCUT2D eigenvalue weighted by Gasteiger charge is 2.05. The Hall–Kier alpha value is -1.68.